The molecule has 16 heavy (non-hydrogen) atoms. The SMILES string of the molecule is CC(C)C(=O)C1CCN(CC(F)(F)F)CC1. The predicted molar refractivity (Wildman–Crippen MR) is 55.1 cm³/mol. The van der Waals surface area contributed by atoms with E-state index in [-0.39, 0.29) is 17.6 Å². The van der Waals surface area contributed by atoms with Crippen molar-refractivity contribution in [3.8, 4) is 0 Å². The highest BCUT2D eigenvalue weighted by Crippen LogP contribution is 2.24. The molecule has 0 amide bonds. The Balaban J connectivity index is 2.37. The molecule has 0 bridgehead atoms. The van der Waals surface area contributed by atoms with Gasteiger partial charge in [0, 0.05) is 11.8 Å². The number of Topliss-reactive ketones (excluding diaryl/α,β-unsaturated/α-hetero) is 1. The Labute approximate surface area is 93.8 Å². The molecule has 0 aliphatic carbocycles. The van der Waals surface area contributed by atoms with E-state index in [1.54, 1.807) is 0 Å². The summed E-state index contributed by atoms with van der Waals surface area (Å²) in [6, 6.07) is 0. The first kappa shape index (κ1) is 13.5. The van der Waals surface area contributed by atoms with Crippen molar-refractivity contribution in [2.75, 3.05) is 19.6 Å². The number of hydrogen-bond donors (Lipinski definition) is 0. The summed E-state index contributed by atoms with van der Waals surface area (Å²) in [5.74, 6) is 0.135. The van der Waals surface area contributed by atoms with Crippen LogP contribution in [-0.2, 0) is 4.79 Å². The van der Waals surface area contributed by atoms with Crippen molar-refractivity contribution in [1.82, 2.24) is 4.90 Å². The highest BCUT2D eigenvalue weighted by Gasteiger charge is 2.34. The average molecular weight is 237 g/mol. The van der Waals surface area contributed by atoms with Crippen LogP contribution < -0.4 is 0 Å². The van der Waals surface area contributed by atoms with E-state index in [0.717, 1.165) is 0 Å². The maximum atomic E-state index is 12.1. The lowest BCUT2D eigenvalue weighted by atomic mass is 9.87. The maximum absolute atomic E-state index is 12.1. The van der Waals surface area contributed by atoms with Gasteiger partial charge in [-0.25, -0.2) is 0 Å². The van der Waals surface area contributed by atoms with Crippen LogP contribution in [0.15, 0.2) is 0 Å². The minimum atomic E-state index is -4.13. The highest BCUT2D eigenvalue weighted by atomic mass is 19.4. The number of nitrogens with zero attached hydrogens (tertiary/aromatic N) is 1. The number of rotatable bonds is 3. The Morgan fingerprint density at radius 1 is 1.31 bits per heavy atom. The molecule has 0 atom stereocenters. The second kappa shape index (κ2) is 5.17. The van der Waals surface area contributed by atoms with Crippen LogP contribution in [0.5, 0.6) is 0 Å². The number of piperidine rings is 1. The van der Waals surface area contributed by atoms with Gasteiger partial charge in [0.25, 0.3) is 0 Å². The molecule has 0 radical (unpaired) electrons. The summed E-state index contributed by atoms with van der Waals surface area (Å²) < 4.78 is 36.3. The summed E-state index contributed by atoms with van der Waals surface area (Å²) >= 11 is 0. The summed E-state index contributed by atoms with van der Waals surface area (Å²) in [5.41, 5.74) is 0. The van der Waals surface area contributed by atoms with E-state index in [2.05, 4.69) is 0 Å². The van der Waals surface area contributed by atoms with Crippen LogP contribution in [0.3, 0.4) is 0 Å². The Morgan fingerprint density at radius 2 is 1.81 bits per heavy atom. The summed E-state index contributed by atoms with van der Waals surface area (Å²) in [5, 5.41) is 0. The minimum Gasteiger partial charge on any atom is -0.299 e. The average Bonchev–Trinajstić information content (AvgIpc) is 2.15. The molecule has 0 N–H and O–H groups in total. The van der Waals surface area contributed by atoms with E-state index in [1.807, 2.05) is 13.8 Å². The first-order valence-corrected chi connectivity index (χ1v) is 5.62. The van der Waals surface area contributed by atoms with Gasteiger partial charge in [0.1, 0.15) is 5.78 Å². The van der Waals surface area contributed by atoms with Crippen LogP contribution in [0.1, 0.15) is 26.7 Å². The van der Waals surface area contributed by atoms with E-state index >= 15 is 0 Å². The van der Waals surface area contributed by atoms with Gasteiger partial charge in [0.15, 0.2) is 0 Å². The highest BCUT2D eigenvalue weighted by molar-refractivity contribution is 5.82. The lowest BCUT2D eigenvalue weighted by molar-refractivity contribution is -0.149. The normalized spacial score (nSPS) is 20.4. The molecule has 0 saturated carbocycles. The van der Waals surface area contributed by atoms with Crippen LogP contribution in [-0.4, -0.2) is 36.5 Å². The molecule has 1 rings (SSSR count). The zero-order valence-corrected chi connectivity index (χ0v) is 9.68. The number of halogens is 3. The molecule has 1 aliphatic heterocycles. The van der Waals surface area contributed by atoms with E-state index in [4.69, 9.17) is 0 Å². The molecule has 1 saturated heterocycles. The molecular weight excluding hydrogens is 219 g/mol. The Morgan fingerprint density at radius 3 is 2.19 bits per heavy atom. The first-order valence-electron chi connectivity index (χ1n) is 5.62. The van der Waals surface area contributed by atoms with Crippen molar-refractivity contribution < 1.29 is 18.0 Å². The van der Waals surface area contributed by atoms with Crippen molar-refractivity contribution in [1.29, 1.82) is 0 Å². The van der Waals surface area contributed by atoms with Crippen molar-refractivity contribution in [3.05, 3.63) is 0 Å². The lowest BCUT2D eigenvalue weighted by Gasteiger charge is -2.32. The third-order valence-corrected chi connectivity index (χ3v) is 2.96. The van der Waals surface area contributed by atoms with Crippen LogP contribution >= 0.6 is 0 Å². The Kier molecular flexibility index (Phi) is 4.35. The van der Waals surface area contributed by atoms with Crippen LogP contribution in [0.4, 0.5) is 13.2 Å². The number of carbonyl (C=O) groups excluding carboxylic acids is 1. The fourth-order valence-corrected chi connectivity index (χ4v) is 2.10. The first-order chi connectivity index (χ1) is 7.29. The van der Waals surface area contributed by atoms with Crippen LogP contribution in [0.2, 0.25) is 0 Å². The van der Waals surface area contributed by atoms with Gasteiger partial charge in [0.05, 0.1) is 6.54 Å². The quantitative estimate of drug-likeness (QED) is 0.751. The molecule has 5 heteroatoms. The summed E-state index contributed by atoms with van der Waals surface area (Å²) in [7, 11) is 0. The smallest absolute Gasteiger partial charge is 0.299 e. The van der Waals surface area contributed by atoms with Crippen LogP contribution in [0.25, 0.3) is 0 Å². The molecule has 1 aliphatic rings. The van der Waals surface area contributed by atoms with E-state index in [0.29, 0.717) is 25.9 Å². The number of ketones is 1. The summed E-state index contributed by atoms with van der Waals surface area (Å²) in [4.78, 5) is 13.0. The van der Waals surface area contributed by atoms with Crippen molar-refractivity contribution in [3.63, 3.8) is 0 Å². The minimum absolute atomic E-state index is 0.0147. The summed E-state index contributed by atoms with van der Waals surface area (Å²) in [6.07, 6.45) is -3.00. The van der Waals surface area contributed by atoms with Crippen molar-refractivity contribution in [2.24, 2.45) is 11.8 Å². The monoisotopic (exact) mass is 237 g/mol. The molecule has 0 aromatic carbocycles. The summed E-state index contributed by atoms with van der Waals surface area (Å²) in [6.45, 7) is 3.58. The third kappa shape index (κ3) is 4.12. The van der Waals surface area contributed by atoms with E-state index in [1.165, 1.54) is 4.90 Å². The van der Waals surface area contributed by atoms with Gasteiger partial charge >= 0.3 is 6.18 Å². The standard InChI is InChI=1S/C11H18F3NO/c1-8(2)10(16)9-3-5-15(6-4-9)7-11(12,13)14/h8-9H,3-7H2,1-2H3. The van der Waals surface area contributed by atoms with Gasteiger partial charge in [-0.05, 0) is 25.9 Å². The van der Waals surface area contributed by atoms with Crippen molar-refractivity contribution >= 4 is 5.78 Å². The zero-order chi connectivity index (χ0) is 12.3. The number of likely N-dealkylation sites (tertiary alicyclic amines) is 1. The molecule has 1 heterocycles. The molecule has 1 fully saturated rings. The van der Waals surface area contributed by atoms with Crippen LogP contribution in [0, 0.1) is 11.8 Å². The second-order valence-electron chi connectivity index (χ2n) is 4.72. The van der Waals surface area contributed by atoms with Gasteiger partial charge in [-0.3, -0.25) is 9.69 Å². The molecule has 0 aromatic rings. The van der Waals surface area contributed by atoms with Gasteiger partial charge < -0.3 is 0 Å². The molecule has 0 aromatic heterocycles. The molecule has 2 nitrogen and oxygen atoms in total. The van der Waals surface area contributed by atoms with Crippen molar-refractivity contribution in [2.45, 2.75) is 32.9 Å². The molecule has 0 spiro atoms. The second-order valence-corrected chi connectivity index (χ2v) is 4.72. The van der Waals surface area contributed by atoms with E-state index < -0.39 is 12.7 Å². The van der Waals surface area contributed by atoms with Gasteiger partial charge in [0.2, 0.25) is 0 Å². The number of hydrogen-bond acceptors (Lipinski definition) is 2. The fourth-order valence-electron chi connectivity index (χ4n) is 2.10. The number of alkyl halides is 3. The molecular formula is C11H18F3NO. The third-order valence-electron chi connectivity index (χ3n) is 2.96. The Hall–Kier alpha value is -0.580. The number of carbonyl (C=O) groups is 1. The van der Waals surface area contributed by atoms with Gasteiger partial charge in [-0.15, -0.1) is 0 Å². The van der Waals surface area contributed by atoms with Gasteiger partial charge in [-0.2, -0.15) is 13.2 Å². The topological polar surface area (TPSA) is 20.3 Å². The van der Waals surface area contributed by atoms with Gasteiger partial charge in [-0.1, -0.05) is 13.8 Å². The maximum Gasteiger partial charge on any atom is 0.401 e. The predicted octanol–water partition coefficient (Wildman–Crippen LogP) is 2.49. The largest absolute Gasteiger partial charge is 0.401 e. The molecule has 0 unspecified atom stereocenters. The van der Waals surface area contributed by atoms with E-state index in [9.17, 15) is 18.0 Å². The Bertz CT molecular complexity index is 242. The molecule has 94 valence electrons. The zero-order valence-electron chi connectivity index (χ0n) is 9.68. The lowest BCUT2D eigenvalue weighted by Crippen LogP contribution is -2.42. The fraction of sp³-hybridized carbons (Fsp3) is 0.909.